The number of ketones is 1. The summed E-state index contributed by atoms with van der Waals surface area (Å²) < 4.78 is 0. The van der Waals surface area contributed by atoms with E-state index < -0.39 is 10.5 Å². The molecule has 3 aliphatic rings. The zero-order valence-corrected chi connectivity index (χ0v) is 19.2. The molecule has 1 spiro atoms. The van der Waals surface area contributed by atoms with Crippen molar-refractivity contribution < 1.29 is 9.59 Å². The van der Waals surface area contributed by atoms with Crippen LogP contribution in [0.3, 0.4) is 0 Å². The van der Waals surface area contributed by atoms with Crippen molar-refractivity contribution in [2.45, 2.75) is 38.6 Å². The highest BCUT2D eigenvalue weighted by molar-refractivity contribution is 8.28. The van der Waals surface area contributed by atoms with Crippen molar-refractivity contribution in [1.82, 2.24) is 14.9 Å². The Bertz CT molecular complexity index is 1040. The van der Waals surface area contributed by atoms with Gasteiger partial charge in [-0.25, -0.2) is 9.97 Å². The number of benzene rings is 1. The lowest BCUT2D eigenvalue weighted by Crippen LogP contribution is -2.52. The molecule has 2 aromatic rings. The minimum Gasteiger partial charge on any atom is -0.340 e. The van der Waals surface area contributed by atoms with Gasteiger partial charge in [0.15, 0.2) is 10.9 Å². The Balaban J connectivity index is 1.30. The number of rotatable bonds is 4. The molecule has 1 aromatic heterocycles. The van der Waals surface area contributed by atoms with Crippen molar-refractivity contribution in [3.8, 4) is 0 Å². The second-order valence-corrected chi connectivity index (χ2v) is 11.2. The molecule has 0 aliphatic carbocycles. The summed E-state index contributed by atoms with van der Waals surface area (Å²) in [6, 6.07) is 12.6. The van der Waals surface area contributed by atoms with E-state index in [0.29, 0.717) is 5.75 Å². The maximum atomic E-state index is 12.0. The Kier molecular flexibility index (Phi) is 6.20. The molecule has 0 N–H and O–H groups in total. The van der Waals surface area contributed by atoms with E-state index in [4.69, 9.17) is 4.98 Å². The van der Waals surface area contributed by atoms with E-state index in [1.165, 1.54) is 24.8 Å². The van der Waals surface area contributed by atoms with E-state index in [0.717, 1.165) is 50.8 Å². The molecule has 168 valence electrons. The first-order chi connectivity index (χ1) is 15.6. The van der Waals surface area contributed by atoms with Gasteiger partial charge in [0.1, 0.15) is 0 Å². The molecule has 6 nitrogen and oxygen atoms in total. The van der Waals surface area contributed by atoms with E-state index in [2.05, 4.69) is 45.1 Å². The highest BCUT2D eigenvalue weighted by Crippen LogP contribution is 2.39. The first-order valence-corrected chi connectivity index (χ1v) is 13.0. The van der Waals surface area contributed by atoms with Gasteiger partial charge in [0.2, 0.25) is 5.95 Å². The second kappa shape index (κ2) is 9.24. The molecule has 3 fully saturated rings. The first kappa shape index (κ1) is 21.5. The van der Waals surface area contributed by atoms with E-state index in [1.54, 1.807) is 6.20 Å². The van der Waals surface area contributed by atoms with Gasteiger partial charge in [-0.3, -0.25) is 14.5 Å². The normalized spacial score (nSPS) is 26.9. The van der Waals surface area contributed by atoms with Gasteiger partial charge in [0.05, 0.1) is 17.9 Å². The molecule has 3 saturated heterocycles. The number of nitrogens with zero attached hydrogens (tertiary/aromatic N) is 4. The number of anilines is 1. The molecule has 4 heterocycles. The van der Waals surface area contributed by atoms with E-state index >= 15 is 0 Å². The number of carbonyl (C=O) groups is 2. The Morgan fingerprint density at radius 3 is 2.62 bits per heavy atom. The van der Waals surface area contributed by atoms with Crippen LogP contribution in [0.25, 0.3) is 0 Å². The van der Waals surface area contributed by atoms with E-state index in [-0.39, 0.29) is 22.7 Å². The number of likely N-dealkylation sites (tertiary alicyclic amines) is 1. The third-order valence-electron chi connectivity index (χ3n) is 6.81. The molecule has 7 heteroatoms. The standard InChI is InChI=1S/C25H30N4O2S/c30-22-14-23(31)32(17-22)16-21-8-11-26-24(27-21)29-13-5-10-25(19-29)9-4-12-28(18-25)15-20-6-2-1-3-7-20/h1-3,6-8,11,16H,4-5,9-10,12-15,17-19H2. The van der Waals surface area contributed by atoms with Crippen molar-refractivity contribution in [1.29, 1.82) is 0 Å². The lowest BCUT2D eigenvalue weighted by Gasteiger charge is -2.48. The van der Waals surface area contributed by atoms with Crippen LogP contribution < -0.4 is 4.90 Å². The van der Waals surface area contributed by atoms with Gasteiger partial charge in [0.25, 0.3) is 0 Å². The van der Waals surface area contributed by atoms with Crippen LogP contribution in [0.4, 0.5) is 5.95 Å². The van der Waals surface area contributed by atoms with Crippen LogP contribution in [0.15, 0.2) is 42.6 Å². The number of hydrogen-bond acceptors (Lipinski definition) is 6. The summed E-state index contributed by atoms with van der Waals surface area (Å²) in [5.74, 6) is 1.13. The van der Waals surface area contributed by atoms with Crippen LogP contribution in [0, 0.1) is 5.41 Å². The molecule has 0 radical (unpaired) electrons. The van der Waals surface area contributed by atoms with Crippen LogP contribution in [0.5, 0.6) is 0 Å². The maximum Gasteiger partial charge on any atom is 0.225 e. The summed E-state index contributed by atoms with van der Waals surface area (Å²) in [5.41, 5.74) is 2.42. The minimum atomic E-state index is -0.630. The fourth-order valence-electron chi connectivity index (χ4n) is 5.39. The largest absolute Gasteiger partial charge is 0.340 e. The lowest BCUT2D eigenvalue weighted by molar-refractivity contribution is -0.120. The maximum absolute atomic E-state index is 12.0. The molecule has 0 amide bonds. The van der Waals surface area contributed by atoms with Crippen molar-refractivity contribution in [2.75, 3.05) is 36.8 Å². The van der Waals surface area contributed by atoms with Gasteiger partial charge in [-0.1, -0.05) is 30.3 Å². The zero-order chi connectivity index (χ0) is 22.0. The highest BCUT2D eigenvalue weighted by atomic mass is 32.2. The number of carbonyl (C=O) groups excluding carboxylic acids is 2. The minimum absolute atomic E-state index is 0.0350. The summed E-state index contributed by atoms with van der Waals surface area (Å²) in [4.78, 5) is 37.9. The second-order valence-electron chi connectivity index (χ2n) is 9.38. The predicted octanol–water partition coefficient (Wildman–Crippen LogP) is 3.28. The summed E-state index contributed by atoms with van der Waals surface area (Å²) >= 11 is 0. The quantitative estimate of drug-likeness (QED) is 0.526. The summed E-state index contributed by atoms with van der Waals surface area (Å²) in [6.45, 7) is 5.23. The smallest absolute Gasteiger partial charge is 0.225 e. The Morgan fingerprint density at radius 1 is 1.03 bits per heavy atom. The van der Waals surface area contributed by atoms with Gasteiger partial charge in [0, 0.05) is 37.8 Å². The van der Waals surface area contributed by atoms with Crippen LogP contribution >= 0.6 is 10.5 Å². The Morgan fingerprint density at radius 2 is 1.84 bits per heavy atom. The summed E-state index contributed by atoms with van der Waals surface area (Å²) in [5, 5.41) is 1.91. The molecule has 2 atom stereocenters. The van der Waals surface area contributed by atoms with Gasteiger partial charge in [-0.2, -0.15) is 0 Å². The number of hydrogen-bond donors (Lipinski definition) is 0. The topological polar surface area (TPSA) is 66.4 Å². The van der Waals surface area contributed by atoms with Gasteiger partial charge < -0.3 is 4.90 Å². The van der Waals surface area contributed by atoms with Crippen LogP contribution in [0.1, 0.15) is 43.4 Å². The van der Waals surface area contributed by atoms with Crippen molar-refractivity contribution in [3.05, 3.63) is 53.9 Å². The van der Waals surface area contributed by atoms with E-state index in [1.807, 2.05) is 11.4 Å². The van der Waals surface area contributed by atoms with Crippen molar-refractivity contribution in [2.24, 2.45) is 5.41 Å². The van der Waals surface area contributed by atoms with Crippen molar-refractivity contribution >= 4 is 32.7 Å². The van der Waals surface area contributed by atoms with Gasteiger partial charge >= 0.3 is 0 Å². The van der Waals surface area contributed by atoms with Crippen LogP contribution in [0.2, 0.25) is 0 Å². The molecule has 1 aromatic carbocycles. The average Bonchev–Trinajstić information content (AvgIpc) is 3.11. The van der Waals surface area contributed by atoms with Crippen LogP contribution in [-0.2, 0) is 16.1 Å². The fourth-order valence-corrected chi connectivity index (χ4v) is 6.98. The number of Topliss-reactive ketones (excluding diaryl/α,β-unsaturated/α-hetero) is 1. The monoisotopic (exact) mass is 450 g/mol. The Labute approximate surface area is 192 Å². The molecule has 2 unspecified atom stereocenters. The molecule has 32 heavy (non-hydrogen) atoms. The zero-order valence-electron chi connectivity index (χ0n) is 18.4. The third-order valence-corrected chi connectivity index (χ3v) is 8.70. The average molecular weight is 451 g/mol. The highest BCUT2D eigenvalue weighted by Gasteiger charge is 2.39. The fraction of sp³-hybridized carbons (Fsp3) is 0.480. The molecular formula is C25H30N4O2S. The number of piperidine rings is 2. The molecule has 0 bridgehead atoms. The molecule has 5 rings (SSSR count). The molecule has 0 saturated carbocycles. The summed E-state index contributed by atoms with van der Waals surface area (Å²) in [6.07, 6.45) is 6.74. The first-order valence-electron chi connectivity index (χ1n) is 11.5. The van der Waals surface area contributed by atoms with Crippen molar-refractivity contribution in [3.63, 3.8) is 0 Å². The van der Waals surface area contributed by atoms with Gasteiger partial charge in [-0.05, 0) is 49.2 Å². The lowest BCUT2D eigenvalue weighted by atomic mass is 9.73. The number of aromatic nitrogens is 2. The SMILES string of the molecule is O=C1CC(=O)/S(=C/c2ccnc(N3CCCC4(CCCN(Cc5ccccc5)C4)C3)n2)C1. The molecule has 3 aliphatic heterocycles. The van der Waals surface area contributed by atoms with E-state index in [9.17, 15) is 9.59 Å². The predicted molar refractivity (Wildman–Crippen MR) is 129 cm³/mol. The Hall–Kier alpha value is -2.38. The summed E-state index contributed by atoms with van der Waals surface area (Å²) in [7, 11) is -0.630. The molecular weight excluding hydrogens is 420 g/mol. The van der Waals surface area contributed by atoms with Crippen LogP contribution in [-0.4, -0.2) is 63.1 Å². The van der Waals surface area contributed by atoms with Gasteiger partial charge in [-0.15, -0.1) is 10.5 Å². The third kappa shape index (κ3) is 4.84.